The van der Waals surface area contributed by atoms with Crippen LogP contribution in [0.3, 0.4) is 0 Å². The highest BCUT2D eigenvalue weighted by Gasteiger charge is 2.19. The number of allylic oxidation sites excluding steroid dienone is 6. The summed E-state index contributed by atoms with van der Waals surface area (Å²) in [5, 5.41) is 0. The van der Waals surface area contributed by atoms with Crippen molar-refractivity contribution in [2.24, 2.45) is 0 Å². The minimum atomic E-state index is -0.781. The predicted octanol–water partition coefficient (Wildman–Crippen LogP) is 23.2. The minimum Gasteiger partial charge on any atom is -0.462 e. The molecule has 0 aliphatic carbocycles. The summed E-state index contributed by atoms with van der Waals surface area (Å²) in [6.07, 6.45) is 80.3. The summed E-state index contributed by atoms with van der Waals surface area (Å²) < 4.78 is 16.9. The van der Waals surface area contributed by atoms with E-state index in [2.05, 4.69) is 57.2 Å². The Morgan fingerprint density at radius 1 is 0.263 bits per heavy atom. The van der Waals surface area contributed by atoms with Crippen LogP contribution in [0, 0.1) is 0 Å². The summed E-state index contributed by atoms with van der Waals surface area (Å²) in [6.45, 7) is 6.66. The molecule has 0 aromatic carbocycles. The standard InChI is InChI=1S/C70H130O6/c1-4-7-10-13-16-19-22-25-28-30-31-32-33-34-35-36-37-38-39-40-43-45-48-51-54-57-60-63-69(72)75-66-67(65-74-68(71)62-59-56-53-50-47-44-41-27-24-21-18-15-12-9-6-3)76-70(73)64-61-58-55-52-49-46-42-29-26-23-20-17-14-11-8-5-2/h20,23,27,29,41-42,67H,4-19,21-22,24-26,28,30-40,43-66H2,1-3H3/b23-20-,41-27-,42-29-. The van der Waals surface area contributed by atoms with E-state index in [0.717, 1.165) is 89.9 Å². The van der Waals surface area contributed by atoms with Gasteiger partial charge in [0.2, 0.25) is 0 Å². The SMILES string of the molecule is CCCCCC/C=C\C/C=C\CCCCCCCC(=O)OC(COC(=O)CCCCCCC/C=C\CCCCCCCC)COC(=O)CCCCCCCCCCCCCCCCCCCCCCCCCCCCC. The molecule has 0 spiro atoms. The van der Waals surface area contributed by atoms with Crippen LogP contribution < -0.4 is 0 Å². The van der Waals surface area contributed by atoms with Crippen LogP contribution in [0.1, 0.15) is 374 Å². The molecule has 0 saturated heterocycles. The third kappa shape index (κ3) is 62.5. The Balaban J connectivity index is 4.23. The molecule has 0 aromatic rings. The van der Waals surface area contributed by atoms with Crippen LogP contribution in [-0.4, -0.2) is 37.2 Å². The second-order valence-electron chi connectivity index (χ2n) is 23.1. The molecule has 446 valence electrons. The minimum absolute atomic E-state index is 0.0764. The lowest BCUT2D eigenvalue weighted by Gasteiger charge is -2.18. The van der Waals surface area contributed by atoms with Crippen molar-refractivity contribution in [3.05, 3.63) is 36.5 Å². The normalized spacial score (nSPS) is 12.2. The summed E-state index contributed by atoms with van der Waals surface area (Å²) in [4.78, 5) is 38.3. The molecular formula is C70H130O6. The first kappa shape index (κ1) is 73.6. The van der Waals surface area contributed by atoms with Crippen molar-refractivity contribution in [3.63, 3.8) is 0 Å². The van der Waals surface area contributed by atoms with Crippen molar-refractivity contribution in [1.29, 1.82) is 0 Å². The van der Waals surface area contributed by atoms with E-state index in [1.54, 1.807) is 0 Å². The fourth-order valence-corrected chi connectivity index (χ4v) is 10.2. The van der Waals surface area contributed by atoms with Crippen molar-refractivity contribution >= 4 is 17.9 Å². The lowest BCUT2D eigenvalue weighted by molar-refractivity contribution is -0.167. The Morgan fingerprint density at radius 3 is 0.750 bits per heavy atom. The van der Waals surface area contributed by atoms with E-state index in [1.165, 1.54) is 244 Å². The van der Waals surface area contributed by atoms with Crippen molar-refractivity contribution in [2.45, 2.75) is 380 Å². The zero-order chi connectivity index (χ0) is 55.0. The second kappa shape index (κ2) is 65.2. The zero-order valence-corrected chi connectivity index (χ0v) is 51.3. The van der Waals surface area contributed by atoms with Crippen LogP contribution in [0.4, 0.5) is 0 Å². The van der Waals surface area contributed by atoms with E-state index < -0.39 is 6.10 Å². The fraction of sp³-hybridized carbons (Fsp3) is 0.871. The molecule has 1 unspecified atom stereocenters. The van der Waals surface area contributed by atoms with Crippen LogP contribution in [0.25, 0.3) is 0 Å². The lowest BCUT2D eigenvalue weighted by atomic mass is 10.0. The van der Waals surface area contributed by atoms with Gasteiger partial charge in [-0.15, -0.1) is 0 Å². The fourth-order valence-electron chi connectivity index (χ4n) is 10.2. The van der Waals surface area contributed by atoms with Gasteiger partial charge in [-0.1, -0.05) is 314 Å². The molecule has 6 nitrogen and oxygen atoms in total. The van der Waals surface area contributed by atoms with Gasteiger partial charge in [-0.05, 0) is 77.0 Å². The number of ether oxygens (including phenoxy) is 3. The molecule has 76 heavy (non-hydrogen) atoms. The molecule has 0 radical (unpaired) electrons. The molecule has 0 aromatic heterocycles. The van der Waals surface area contributed by atoms with Crippen LogP contribution in [0.2, 0.25) is 0 Å². The molecule has 0 bridgehead atoms. The summed E-state index contributed by atoms with van der Waals surface area (Å²) in [6, 6.07) is 0. The number of rotatable bonds is 63. The Bertz CT molecular complexity index is 1270. The van der Waals surface area contributed by atoms with Gasteiger partial charge in [0.25, 0.3) is 0 Å². The van der Waals surface area contributed by atoms with Gasteiger partial charge in [-0.25, -0.2) is 0 Å². The summed E-state index contributed by atoms with van der Waals surface area (Å²) >= 11 is 0. The maximum absolute atomic E-state index is 12.9. The average molecular weight is 1070 g/mol. The van der Waals surface area contributed by atoms with Gasteiger partial charge in [0.15, 0.2) is 6.10 Å². The van der Waals surface area contributed by atoms with Crippen molar-refractivity contribution < 1.29 is 28.6 Å². The Labute approximate surface area is 474 Å². The third-order valence-corrected chi connectivity index (χ3v) is 15.4. The molecule has 0 rings (SSSR count). The first-order valence-electron chi connectivity index (χ1n) is 34.0. The second-order valence-corrected chi connectivity index (χ2v) is 23.1. The highest BCUT2D eigenvalue weighted by Crippen LogP contribution is 2.18. The summed E-state index contributed by atoms with van der Waals surface area (Å²) in [7, 11) is 0. The average Bonchev–Trinajstić information content (AvgIpc) is 3.42. The number of esters is 3. The van der Waals surface area contributed by atoms with Gasteiger partial charge < -0.3 is 14.2 Å². The first-order valence-corrected chi connectivity index (χ1v) is 34.0. The smallest absolute Gasteiger partial charge is 0.306 e. The topological polar surface area (TPSA) is 78.9 Å². The van der Waals surface area contributed by atoms with Crippen LogP contribution in [0.5, 0.6) is 0 Å². The number of carbonyl (C=O) groups is 3. The summed E-state index contributed by atoms with van der Waals surface area (Å²) in [5.74, 6) is -0.875. The van der Waals surface area contributed by atoms with Crippen molar-refractivity contribution in [1.82, 2.24) is 0 Å². The third-order valence-electron chi connectivity index (χ3n) is 15.4. The van der Waals surface area contributed by atoms with E-state index in [0.29, 0.717) is 19.3 Å². The largest absolute Gasteiger partial charge is 0.462 e. The highest BCUT2D eigenvalue weighted by atomic mass is 16.6. The van der Waals surface area contributed by atoms with Crippen molar-refractivity contribution in [2.75, 3.05) is 13.2 Å². The predicted molar refractivity (Wildman–Crippen MR) is 330 cm³/mol. The zero-order valence-electron chi connectivity index (χ0n) is 51.3. The van der Waals surface area contributed by atoms with Gasteiger partial charge >= 0.3 is 17.9 Å². The highest BCUT2D eigenvalue weighted by molar-refractivity contribution is 5.71. The van der Waals surface area contributed by atoms with Gasteiger partial charge in [-0.2, -0.15) is 0 Å². The molecule has 0 aliphatic rings. The molecule has 0 N–H and O–H groups in total. The Kier molecular flexibility index (Phi) is 63.1. The van der Waals surface area contributed by atoms with Crippen molar-refractivity contribution in [3.8, 4) is 0 Å². The number of hydrogen-bond donors (Lipinski definition) is 0. The molecule has 6 heteroatoms. The molecular weight excluding hydrogens is 937 g/mol. The van der Waals surface area contributed by atoms with E-state index in [-0.39, 0.29) is 31.1 Å². The van der Waals surface area contributed by atoms with E-state index in [9.17, 15) is 14.4 Å². The lowest BCUT2D eigenvalue weighted by Crippen LogP contribution is -2.30. The van der Waals surface area contributed by atoms with Gasteiger partial charge in [-0.3, -0.25) is 14.4 Å². The molecule has 0 amide bonds. The molecule has 0 saturated carbocycles. The molecule has 0 fully saturated rings. The molecule has 0 aliphatic heterocycles. The Hall–Kier alpha value is -2.37. The number of hydrogen-bond acceptors (Lipinski definition) is 6. The first-order chi connectivity index (χ1) is 37.5. The van der Waals surface area contributed by atoms with Gasteiger partial charge in [0.05, 0.1) is 0 Å². The van der Waals surface area contributed by atoms with Crippen LogP contribution >= 0.6 is 0 Å². The van der Waals surface area contributed by atoms with Gasteiger partial charge in [0.1, 0.15) is 13.2 Å². The maximum Gasteiger partial charge on any atom is 0.306 e. The van der Waals surface area contributed by atoms with Gasteiger partial charge in [0, 0.05) is 19.3 Å². The Morgan fingerprint density at radius 2 is 0.474 bits per heavy atom. The van der Waals surface area contributed by atoms with E-state index >= 15 is 0 Å². The maximum atomic E-state index is 12.9. The quantitative estimate of drug-likeness (QED) is 0.0261. The monoisotopic (exact) mass is 1070 g/mol. The number of unbranched alkanes of at least 4 members (excludes halogenated alkanes) is 46. The van der Waals surface area contributed by atoms with Crippen LogP contribution in [-0.2, 0) is 28.6 Å². The molecule has 0 heterocycles. The van der Waals surface area contributed by atoms with Crippen LogP contribution in [0.15, 0.2) is 36.5 Å². The number of carbonyl (C=O) groups excluding carboxylic acids is 3. The molecule has 1 atom stereocenters. The van der Waals surface area contributed by atoms with E-state index in [1.807, 2.05) is 0 Å². The van der Waals surface area contributed by atoms with E-state index in [4.69, 9.17) is 14.2 Å². The summed E-state index contributed by atoms with van der Waals surface area (Å²) in [5.41, 5.74) is 0.